The van der Waals surface area contributed by atoms with E-state index in [1.165, 1.54) is 24.3 Å². The lowest BCUT2D eigenvalue weighted by Gasteiger charge is -2.09. The number of hydrogen-bond donors (Lipinski definition) is 2. The second kappa shape index (κ2) is 6.00. The summed E-state index contributed by atoms with van der Waals surface area (Å²) in [6, 6.07) is 4.88. The van der Waals surface area contributed by atoms with Gasteiger partial charge in [0, 0.05) is 17.0 Å². The Balaban J connectivity index is 2.73. The maximum Gasteiger partial charge on any atom is 0.326 e. The summed E-state index contributed by atoms with van der Waals surface area (Å²) in [5.74, 6) is -1.62. The van der Waals surface area contributed by atoms with Gasteiger partial charge in [-0.2, -0.15) is 0 Å². The molecule has 1 aromatic carbocycles. The summed E-state index contributed by atoms with van der Waals surface area (Å²) in [6.07, 6.45) is -0.0381. The van der Waals surface area contributed by atoms with E-state index in [1.54, 1.807) is 0 Å². The minimum absolute atomic E-state index is 0.258. The van der Waals surface area contributed by atoms with E-state index in [9.17, 15) is 14.4 Å². The van der Waals surface area contributed by atoms with Crippen molar-refractivity contribution >= 4 is 29.8 Å². The molecule has 0 spiro atoms. The highest BCUT2D eigenvalue weighted by Crippen LogP contribution is 2.12. The van der Waals surface area contributed by atoms with Gasteiger partial charge in [0.25, 0.3) is 0 Å². The summed E-state index contributed by atoms with van der Waals surface area (Å²) in [7, 11) is 0. The van der Waals surface area contributed by atoms with Crippen LogP contribution in [-0.4, -0.2) is 29.3 Å². The summed E-state index contributed by atoms with van der Waals surface area (Å²) in [5, 5.41) is 11.3. The fourth-order valence-electron chi connectivity index (χ4n) is 1.24. The van der Waals surface area contributed by atoms with E-state index in [1.807, 2.05) is 0 Å². The van der Waals surface area contributed by atoms with Crippen LogP contribution in [0.25, 0.3) is 0 Å². The molecule has 6 heteroatoms. The van der Waals surface area contributed by atoms with Crippen molar-refractivity contribution < 1.29 is 19.5 Å². The molecule has 0 saturated heterocycles. The van der Waals surface area contributed by atoms with Crippen LogP contribution in [-0.2, 0) is 9.59 Å². The topological polar surface area (TPSA) is 83.5 Å². The van der Waals surface area contributed by atoms with Gasteiger partial charge in [0.05, 0.1) is 0 Å². The van der Waals surface area contributed by atoms with Crippen molar-refractivity contribution in [1.82, 2.24) is 5.32 Å². The molecule has 1 unspecified atom stereocenters. The van der Waals surface area contributed by atoms with Crippen molar-refractivity contribution in [2.45, 2.75) is 12.5 Å². The first-order valence-electron chi connectivity index (χ1n) is 4.76. The van der Waals surface area contributed by atoms with Crippen LogP contribution >= 0.6 is 11.6 Å². The van der Waals surface area contributed by atoms with Crippen LogP contribution in [0.5, 0.6) is 0 Å². The molecule has 90 valence electrons. The molecule has 0 heterocycles. The Morgan fingerprint density at radius 2 is 1.94 bits per heavy atom. The molecule has 0 aliphatic heterocycles. The number of carbonyl (C=O) groups is 3. The molecule has 5 nitrogen and oxygen atoms in total. The van der Waals surface area contributed by atoms with Crippen molar-refractivity contribution in [2.75, 3.05) is 0 Å². The summed E-state index contributed by atoms with van der Waals surface area (Å²) < 4.78 is 0. The number of halogens is 1. The van der Waals surface area contributed by atoms with E-state index in [4.69, 9.17) is 16.7 Å². The van der Waals surface area contributed by atoms with Gasteiger partial charge in [-0.05, 0) is 24.3 Å². The van der Waals surface area contributed by atoms with Crippen molar-refractivity contribution in [1.29, 1.82) is 0 Å². The minimum Gasteiger partial charge on any atom is -0.480 e. The first kappa shape index (κ1) is 13.2. The number of benzene rings is 1. The Morgan fingerprint density at radius 3 is 2.41 bits per heavy atom. The molecule has 0 aliphatic rings. The largest absolute Gasteiger partial charge is 0.480 e. The third-order valence-corrected chi connectivity index (χ3v) is 2.38. The van der Waals surface area contributed by atoms with Crippen LogP contribution in [0.1, 0.15) is 16.8 Å². The molecule has 0 aromatic heterocycles. The van der Waals surface area contributed by atoms with E-state index in [2.05, 4.69) is 5.32 Å². The van der Waals surface area contributed by atoms with Gasteiger partial charge in [0.2, 0.25) is 6.41 Å². The van der Waals surface area contributed by atoms with Gasteiger partial charge < -0.3 is 10.4 Å². The number of amides is 1. The Hall–Kier alpha value is -1.88. The molecule has 2 N–H and O–H groups in total. The predicted molar refractivity (Wildman–Crippen MR) is 61.0 cm³/mol. The Bertz CT molecular complexity index is 430. The second-order valence-electron chi connectivity index (χ2n) is 3.31. The highest BCUT2D eigenvalue weighted by atomic mass is 35.5. The van der Waals surface area contributed by atoms with Gasteiger partial charge in [0.1, 0.15) is 6.04 Å². The van der Waals surface area contributed by atoms with Gasteiger partial charge in [-0.1, -0.05) is 11.6 Å². The van der Waals surface area contributed by atoms with Gasteiger partial charge in [-0.3, -0.25) is 9.59 Å². The minimum atomic E-state index is -1.25. The van der Waals surface area contributed by atoms with Crippen LogP contribution in [0.3, 0.4) is 0 Å². The van der Waals surface area contributed by atoms with Gasteiger partial charge in [0.15, 0.2) is 5.78 Å². The Morgan fingerprint density at radius 1 is 1.35 bits per heavy atom. The zero-order chi connectivity index (χ0) is 12.8. The number of carboxylic acid groups (broad SMARTS) is 1. The fraction of sp³-hybridized carbons (Fsp3) is 0.182. The Labute approximate surface area is 102 Å². The molecule has 0 radical (unpaired) electrons. The van der Waals surface area contributed by atoms with Gasteiger partial charge in [-0.25, -0.2) is 4.79 Å². The molecule has 0 aliphatic carbocycles. The lowest BCUT2D eigenvalue weighted by atomic mass is 10.0. The Kier molecular flexibility index (Phi) is 4.66. The van der Waals surface area contributed by atoms with E-state index in [0.29, 0.717) is 10.6 Å². The average Bonchev–Trinajstić information content (AvgIpc) is 2.29. The number of carboxylic acids is 1. The molecule has 1 atom stereocenters. The first-order chi connectivity index (χ1) is 8.04. The summed E-state index contributed by atoms with van der Waals surface area (Å²) in [5.41, 5.74) is 0.355. The zero-order valence-electron chi connectivity index (χ0n) is 8.72. The van der Waals surface area contributed by atoms with E-state index in [-0.39, 0.29) is 18.6 Å². The maximum absolute atomic E-state index is 11.7. The monoisotopic (exact) mass is 255 g/mol. The average molecular weight is 256 g/mol. The highest BCUT2D eigenvalue weighted by Gasteiger charge is 2.20. The molecule has 0 fully saturated rings. The summed E-state index contributed by atoms with van der Waals surface area (Å²) in [6.45, 7) is 0. The molecule has 1 amide bonds. The molecule has 17 heavy (non-hydrogen) atoms. The quantitative estimate of drug-likeness (QED) is 0.589. The standard InChI is InChI=1S/C11H10ClNO4/c12-8-3-1-7(2-4-8)10(15)5-9(11(16)17)13-6-14/h1-4,6,9H,5H2,(H,13,14)(H,16,17). The summed E-state index contributed by atoms with van der Waals surface area (Å²) >= 11 is 5.66. The second-order valence-corrected chi connectivity index (χ2v) is 3.75. The van der Waals surface area contributed by atoms with Crippen LogP contribution in [0.4, 0.5) is 0 Å². The summed E-state index contributed by atoms with van der Waals surface area (Å²) in [4.78, 5) is 32.6. The van der Waals surface area contributed by atoms with Crippen LogP contribution in [0.15, 0.2) is 24.3 Å². The number of ketones is 1. The van der Waals surface area contributed by atoms with Crippen molar-refractivity contribution in [3.05, 3.63) is 34.9 Å². The van der Waals surface area contributed by atoms with Crippen molar-refractivity contribution in [2.24, 2.45) is 0 Å². The number of carbonyl (C=O) groups excluding carboxylic acids is 2. The molecule has 0 bridgehead atoms. The first-order valence-corrected chi connectivity index (χ1v) is 5.13. The molecular formula is C11H10ClNO4. The molecule has 0 saturated carbocycles. The third-order valence-electron chi connectivity index (χ3n) is 2.12. The van der Waals surface area contributed by atoms with E-state index in [0.717, 1.165) is 0 Å². The van der Waals surface area contributed by atoms with Crippen molar-refractivity contribution in [3.63, 3.8) is 0 Å². The number of rotatable bonds is 6. The number of hydrogen-bond acceptors (Lipinski definition) is 3. The van der Waals surface area contributed by atoms with E-state index >= 15 is 0 Å². The van der Waals surface area contributed by atoms with Crippen LogP contribution in [0, 0.1) is 0 Å². The third kappa shape index (κ3) is 3.88. The maximum atomic E-state index is 11.7. The highest BCUT2D eigenvalue weighted by molar-refractivity contribution is 6.30. The fourth-order valence-corrected chi connectivity index (χ4v) is 1.36. The molecular weight excluding hydrogens is 246 g/mol. The van der Waals surface area contributed by atoms with Crippen LogP contribution in [0.2, 0.25) is 5.02 Å². The number of nitrogens with one attached hydrogen (secondary N) is 1. The smallest absolute Gasteiger partial charge is 0.326 e. The predicted octanol–water partition coefficient (Wildman–Crippen LogP) is 1.11. The lowest BCUT2D eigenvalue weighted by Crippen LogP contribution is -2.37. The SMILES string of the molecule is O=CNC(CC(=O)c1ccc(Cl)cc1)C(=O)O. The van der Waals surface area contributed by atoms with Crippen molar-refractivity contribution in [3.8, 4) is 0 Å². The molecule has 1 aromatic rings. The van der Waals surface area contributed by atoms with Gasteiger partial charge >= 0.3 is 5.97 Å². The number of Topliss-reactive ketones (excluding diaryl/α,β-unsaturated/α-hetero) is 1. The van der Waals surface area contributed by atoms with Gasteiger partial charge in [-0.15, -0.1) is 0 Å². The zero-order valence-corrected chi connectivity index (χ0v) is 9.48. The normalized spacial score (nSPS) is 11.6. The van der Waals surface area contributed by atoms with Crippen LogP contribution < -0.4 is 5.32 Å². The number of aliphatic carboxylic acids is 1. The lowest BCUT2D eigenvalue weighted by molar-refractivity contribution is -0.140. The van der Waals surface area contributed by atoms with E-state index < -0.39 is 12.0 Å². The molecule has 1 rings (SSSR count).